The van der Waals surface area contributed by atoms with E-state index < -0.39 is 17.6 Å². The number of carboxylic acids is 1. The van der Waals surface area contributed by atoms with Crippen LogP contribution in [0.4, 0.5) is 0 Å². The molecule has 0 spiro atoms. The molecule has 15 heavy (non-hydrogen) atoms. The molecule has 1 atom stereocenters. The quantitative estimate of drug-likeness (QED) is 0.774. The van der Waals surface area contributed by atoms with Gasteiger partial charge in [-0.05, 0) is 12.5 Å². The summed E-state index contributed by atoms with van der Waals surface area (Å²) in [6.45, 7) is 1.72. The van der Waals surface area contributed by atoms with Crippen LogP contribution in [0.5, 0.6) is 0 Å². The third-order valence-electron chi connectivity index (χ3n) is 1.88. The molecule has 1 unspecified atom stereocenters. The topological polar surface area (TPSA) is 96.0 Å². The maximum Gasteiger partial charge on any atom is 0.356 e. The summed E-state index contributed by atoms with van der Waals surface area (Å²) in [5.74, 6) is -1.23. The Morgan fingerprint density at radius 2 is 2.40 bits per heavy atom. The molecule has 0 saturated carbocycles. The molecule has 0 aromatic carbocycles. The van der Waals surface area contributed by atoms with Gasteiger partial charge in [0.15, 0.2) is 5.69 Å². The second-order valence-corrected chi connectivity index (χ2v) is 2.86. The van der Waals surface area contributed by atoms with E-state index >= 15 is 0 Å². The minimum absolute atomic E-state index is 0.247. The molecule has 6 nitrogen and oxygen atoms in total. The van der Waals surface area contributed by atoms with Gasteiger partial charge in [-0.3, -0.25) is 4.79 Å². The van der Waals surface area contributed by atoms with Gasteiger partial charge in [0.1, 0.15) is 6.04 Å². The first-order valence-electron chi connectivity index (χ1n) is 4.33. The molecule has 0 saturated heterocycles. The van der Waals surface area contributed by atoms with E-state index in [9.17, 15) is 9.59 Å². The molecular weight excluding hydrogens is 198 g/mol. The Kier molecular flexibility index (Phi) is 3.18. The molecule has 1 heterocycles. The SMILES string of the molecule is CCC(C#N)n1nc(C(=O)O)ccc1=O. The zero-order valence-electron chi connectivity index (χ0n) is 8.04. The number of nitriles is 1. The number of carbonyl (C=O) groups is 1. The van der Waals surface area contributed by atoms with Crippen LogP contribution in [0.25, 0.3) is 0 Å². The highest BCUT2D eigenvalue weighted by Crippen LogP contribution is 2.04. The smallest absolute Gasteiger partial charge is 0.356 e. The van der Waals surface area contributed by atoms with Gasteiger partial charge in [-0.1, -0.05) is 6.92 Å². The highest BCUT2D eigenvalue weighted by atomic mass is 16.4. The first kappa shape index (κ1) is 10.9. The van der Waals surface area contributed by atoms with Gasteiger partial charge in [-0.2, -0.15) is 10.4 Å². The third-order valence-corrected chi connectivity index (χ3v) is 1.88. The van der Waals surface area contributed by atoms with Crippen LogP contribution in [0, 0.1) is 11.3 Å². The van der Waals surface area contributed by atoms with Gasteiger partial charge in [0.25, 0.3) is 5.56 Å². The maximum absolute atomic E-state index is 11.3. The second kappa shape index (κ2) is 4.37. The molecule has 0 aliphatic carbocycles. The Morgan fingerprint density at radius 3 is 2.87 bits per heavy atom. The average Bonchev–Trinajstić information content (AvgIpc) is 2.22. The Hall–Kier alpha value is -2.16. The number of hydrogen-bond donors (Lipinski definition) is 1. The van der Waals surface area contributed by atoms with Crippen LogP contribution < -0.4 is 5.56 Å². The molecule has 1 N–H and O–H groups in total. The fraction of sp³-hybridized carbons (Fsp3) is 0.333. The molecule has 0 aliphatic heterocycles. The van der Waals surface area contributed by atoms with Crippen molar-refractivity contribution in [2.24, 2.45) is 0 Å². The van der Waals surface area contributed by atoms with Crippen molar-refractivity contribution in [3.05, 3.63) is 28.2 Å². The minimum Gasteiger partial charge on any atom is -0.476 e. The summed E-state index contributed by atoms with van der Waals surface area (Å²) < 4.78 is 0.892. The molecule has 78 valence electrons. The predicted octanol–water partition coefficient (Wildman–Crippen LogP) is 0.416. The number of aromatic carboxylic acids is 1. The van der Waals surface area contributed by atoms with Crippen molar-refractivity contribution in [3.8, 4) is 6.07 Å². The standard InChI is InChI=1S/C9H9N3O3/c1-2-6(5-10)12-8(13)4-3-7(11-12)9(14)15/h3-4,6H,2H2,1H3,(H,14,15). The van der Waals surface area contributed by atoms with Crippen molar-refractivity contribution in [1.82, 2.24) is 9.78 Å². The van der Waals surface area contributed by atoms with E-state index in [0.717, 1.165) is 16.8 Å². The van der Waals surface area contributed by atoms with Crippen molar-refractivity contribution in [2.75, 3.05) is 0 Å². The normalized spacial score (nSPS) is 11.7. The van der Waals surface area contributed by atoms with E-state index in [1.54, 1.807) is 6.92 Å². The van der Waals surface area contributed by atoms with Gasteiger partial charge < -0.3 is 5.11 Å². The number of carboxylic acid groups (broad SMARTS) is 1. The van der Waals surface area contributed by atoms with Crippen LogP contribution in [0.15, 0.2) is 16.9 Å². The van der Waals surface area contributed by atoms with E-state index in [1.165, 1.54) is 0 Å². The highest BCUT2D eigenvalue weighted by Gasteiger charge is 2.13. The molecule has 0 bridgehead atoms. The zero-order chi connectivity index (χ0) is 11.4. The highest BCUT2D eigenvalue weighted by molar-refractivity contribution is 5.84. The average molecular weight is 207 g/mol. The molecule has 0 aliphatic rings. The monoisotopic (exact) mass is 207 g/mol. The summed E-state index contributed by atoms with van der Waals surface area (Å²) in [6, 6.07) is 3.37. The van der Waals surface area contributed by atoms with Crippen molar-refractivity contribution in [2.45, 2.75) is 19.4 Å². The minimum atomic E-state index is -1.23. The molecule has 0 amide bonds. The Balaban J connectivity index is 3.29. The summed E-state index contributed by atoms with van der Waals surface area (Å²) in [4.78, 5) is 21.9. The van der Waals surface area contributed by atoms with Crippen molar-refractivity contribution in [1.29, 1.82) is 5.26 Å². The molecule has 1 rings (SSSR count). The number of hydrogen-bond acceptors (Lipinski definition) is 4. The van der Waals surface area contributed by atoms with Crippen LogP contribution in [-0.2, 0) is 0 Å². The first-order valence-corrected chi connectivity index (χ1v) is 4.33. The maximum atomic E-state index is 11.3. The van der Waals surface area contributed by atoms with E-state index in [1.807, 2.05) is 6.07 Å². The summed E-state index contributed by atoms with van der Waals surface area (Å²) in [7, 11) is 0. The fourth-order valence-electron chi connectivity index (χ4n) is 1.08. The summed E-state index contributed by atoms with van der Waals surface area (Å²) in [5, 5.41) is 21.0. The van der Waals surface area contributed by atoms with E-state index in [4.69, 9.17) is 10.4 Å². The lowest BCUT2D eigenvalue weighted by molar-refractivity contribution is 0.0687. The first-order chi connectivity index (χ1) is 7.10. The lowest BCUT2D eigenvalue weighted by Crippen LogP contribution is -2.27. The van der Waals surface area contributed by atoms with E-state index in [2.05, 4.69) is 5.10 Å². The summed E-state index contributed by atoms with van der Waals surface area (Å²) in [6.07, 6.45) is 0.395. The van der Waals surface area contributed by atoms with E-state index in [0.29, 0.717) is 6.42 Å². The third kappa shape index (κ3) is 2.20. The summed E-state index contributed by atoms with van der Waals surface area (Å²) in [5.41, 5.74) is -0.725. The molecule has 1 aromatic heterocycles. The lowest BCUT2D eigenvalue weighted by atomic mass is 10.2. The largest absolute Gasteiger partial charge is 0.476 e. The van der Waals surface area contributed by atoms with Gasteiger partial charge >= 0.3 is 5.97 Å². The van der Waals surface area contributed by atoms with Gasteiger partial charge in [0.2, 0.25) is 0 Å². The predicted molar refractivity (Wildman–Crippen MR) is 50.4 cm³/mol. The lowest BCUT2D eigenvalue weighted by Gasteiger charge is -2.08. The Labute approximate surface area is 85.4 Å². The molecule has 1 aromatic rings. The van der Waals surface area contributed by atoms with Crippen LogP contribution in [0.2, 0.25) is 0 Å². The second-order valence-electron chi connectivity index (χ2n) is 2.86. The van der Waals surface area contributed by atoms with Gasteiger partial charge in [0.05, 0.1) is 6.07 Å². The van der Waals surface area contributed by atoms with Crippen LogP contribution in [-0.4, -0.2) is 20.9 Å². The molecule has 0 radical (unpaired) electrons. The molecule has 0 fully saturated rings. The number of aromatic nitrogens is 2. The van der Waals surface area contributed by atoms with Crippen molar-refractivity contribution >= 4 is 5.97 Å². The molecule has 6 heteroatoms. The van der Waals surface area contributed by atoms with Crippen LogP contribution in [0.1, 0.15) is 29.9 Å². The van der Waals surface area contributed by atoms with Crippen molar-refractivity contribution in [3.63, 3.8) is 0 Å². The van der Waals surface area contributed by atoms with Gasteiger partial charge in [-0.15, -0.1) is 0 Å². The van der Waals surface area contributed by atoms with E-state index in [-0.39, 0.29) is 5.69 Å². The number of nitrogens with zero attached hydrogens (tertiary/aromatic N) is 3. The van der Waals surface area contributed by atoms with Crippen LogP contribution >= 0.6 is 0 Å². The Bertz CT molecular complexity index is 472. The Morgan fingerprint density at radius 1 is 1.73 bits per heavy atom. The summed E-state index contributed by atoms with van der Waals surface area (Å²) >= 11 is 0. The number of rotatable bonds is 3. The van der Waals surface area contributed by atoms with Crippen LogP contribution in [0.3, 0.4) is 0 Å². The van der Waals surface area contributed by atoms with Crippen molar-refractivity contribution < 1.29 is 9.90 Å². The van der Waals surface area contributed by atoms with Gasteiger partial charge in [0, 0.05) is 6.07 Å². The molecular formula is C9H9N3O3. The van der Waals surface area contributed by atoms with Gasteiger partial charge in [-0.25, -0.2) is 9.48 Å². The fourth-order valence-corrected chi connectivity index (χ4v) is 1.08. The zero-order valence-corrected chi connectivity index (χ0v) is 8.04.